The summed E-state index contributed by atoms with van der Waals surface area (Å²) in [5, 5.41) is 8.55. The second kappa shape index (κ2) is 6.00. The third-order valence-electron chi connectivity index (χ3n) is 2.04. The van der Waals surface area contributed by atoms with Crippen LogP contribution in [0.2, 0.25) is 0 Å². The summed E-state index contributed by atoms with van der Waals surface area (Å²) in [6, 6.07) is 2.15. The topological polar surface area (TPSA) is 63.0 Å². The smallest absolute Gasteiger partial charge is 0.311 e. The summed E-state index contributed by atoms with van der Waals surface area (Å²) in [5.74, 6) is -2.01. The Balaban J connectivity index is 3.10. The predicted octanol–water partition coefficient (Wildman–Crippen LogP) is 2.14. The first-order valence-electron chi connectivity index (χ1n) is 5.02. The summed E-state index contributed by atoms with van der Waals surface area (Å²) in [6.45, 7) is 1.70. The Hall–Kier alpha value is -2.10. The van der Waals surface area contributed by atoms with Gasteiger partial charge in [0.2, 0.25) is 5.95 Å². The number of hydrogen-bond acceptors (Lipinski definition) is 4. The van der Waals surface area contributed by atoms with Crippen molar-refractivity contribution >= 4 is 5.97 Å². The van der Waals surface area contributed by atoms with Crippen molar-refractivity contribution in [3.8, 4) is 6.07 Å². The molecule has 0 aliphatic rings. The maximum atomic E-state index is 13.3. The van der Waals surface area contributed by atoms with E-state index in [2.05, 4.69) is 9.72 Å². The maximum absolute atomic E-state index is 13.3. The lowest BCUT2D eigenvalue weighted by molar-refractivity contribution is -0.142. The number of aromatic nitrogens is 1. The lowest BCUT2D eigenvalue weighted by atomic mass is 10.1. The number of pyridine rings is 1. The first-order chi connectivity index (χ1) is 8.49. The highest BCUT2D eigenvalue weighted by molar-refractivity contribution is 5.72. The number of ether oxygens (including phenoxy) is 1. The molecule has 0 bridgehead atoms. The van der Waals surface area contributed by atoms with E-state index in [1.165, 1.54) is 6.07 Å². The minimum Gasteiger partial charge on any atom is -0.466 e. The summed E-state index contributed by atoms with van der Waals surface area (Å²) < 4.78 is 43.1. The molecule has 0 saturated carbocycles. The van der Waals surface area contributed by atoms with Gasteiger partial charge in [-0.25, -0.2) is 13.8 Å². The number of alkyl halides is 2. The molecule has 0 unspecified atom stereocenters. The Labute approximate surface area is 101 Å². The van der Waals surface area contributed by atoms with Crippen LogP contribution in [-0.2, 0) is 16.0 Å². The number of esters is 1. The summed E-state index contributed by atoms with van der Waals surface area (Å²) in [7, 11) is 0. The summed E-state index contributed by atoms with van der Waals surface area (Å²) in [5.41, 5.74) is -1.78. The zero-order valence-corrected chi connectivity index (χ0v) is 9.41. The van der Waals surface area contributed by atoms with Crippen LogP contribution in [0.25, 0.3) is 0 Å². The summed E-state index contributed by atoms with van der Waals surface area (Å²) in [4.78, 5) is 14.4. The standard InChI is InChI=1S/C11H9F3N2O2/c1-2-18-9(17)4-6-3-7(10(12)13)8(5-15)11(14)16-6/h3,10H,2,4H2,1H3. The van der Waals surface area contributed by atoms with Crippen LogP contribution in [0.5, 0.6) is 0 Å². The quantitative estimate of drug-likeness (QED) is 0.613. The van der Waals surface area contributed by atoms with Gasteiger partial charge in [-0.2, -0.15) is 9.65 Å². The first kappa shape index (κ1) is 14.0. The van der Waals surface area contributed by atoms with Gasteiger partial charge in [-0.05, 0) is 13.0 Å². The van der Waals surface area contributed by atoms with E-state index < -0.39 is 35.9 Å². The largest absolute Gasteiger partial charge is 0.466 e. The highest BCUT2D eigenvalue weighted by atomic mass is 19.3. The van der Waals surface area contributed by atoms with Crippen molar-refractivity contribution in [2.45, 2.75) is 19.8 Å². The zero-order chi connectivity index (χ0) is 13.7. The highest BCUT2D eigenvalue weighted by Gasteiger charge is 2.20. The van der Waals surface area contributed by atoms with Crippen molar-refractivity contribution in [2.24, 2.45) is 0 Å². The van der Waals surface area contributed by atoms with Gasteiger partial charge in [-0.15, -0.1) is 0 Å². The normalized spacial score (nSPS) is 10.2. The van der Waals surface area contributed by atoms with Gasteiger partial charge in [0.05, 0.1) is 18.7 Å². The van der Waals surface area contributed by atoms with Gasteiger partial charge in [0, 0.05) is 5.56 Å². The van der Waals surface area contributed by atoms with Crippen LogP contribution in [-0.4, -0.2) is 17.6 Å². The monoisotopic (exact) mass is 258 g/mol. The molecule has 0 spiro atoms. The molecule has 0 aromatic carbocycles. The zero-order valence-electron chi connectivity index (χ0n) is 9.41. The highest BCUT2D eigenvalue weighted by Crippen LogP contribution is 2.24. The molecule has 0 aliphatic carbocycles. The molecule has 1 aromatic rings. The molecular formula is C11H9F3N2O2. The van der Waals surface area contributed by atoms with Crippen molar-refractivity contribution in [2.75, 3.05) is 6.61 Å². The van der Waals surface area contributed by atoms with Crippen LogP contribution in [0.15, 0.2) is 6.07 Å². The number of carbonyl (C=O) groups is 1. The first-order valence-corrected chi connectivity index (χ1v) is 5.02. The van der Waals surface area contributed by atoms with E-state index in [9.17, 15) is 18.0 Å². The number of halogens is 3. The van der Waals surface area contributed by atoms with Crippen LogP contribution in [0.1, 0.15) is 30.2 Å². The third kappa shape index (κ3) is 3.20. The maximum Gasteiger partial charge on any atom is 0.311 e. The van der Waals surface area contributed by atoms with Crippen LogP contribution in [0.4, 0.5) is 13.2 Å². The number of hydrogen-bond donors (Lipinski definition) is 0. The van der Waals surface area contributed by atoms with E-state index in [1.807, 2.05) is 0 Å². The van der Waals surface area contributed by atoms with E-state index in [0.29, 0.717) is 0 Å². The Morgan fingerprint density at radius 3 is 2.78 bits per heavy atom. The predicted molar refractivity (Wildman–Crippen MR) is 54.2 cm³/mol. The van der Waals surface area contributed by atoms with Crippen molar-refractivity contribution < 1.29 is 22.7 Å². The Morgan fingerprint density at radius 1 is 1.61 bits per heavy atom. The van der Waals surface area contributed by atoms with E-state index in [4.69, 9.17) is 5.26 Å². The SMILES string of the molecule is CCOC(=O)Cc1cc(C(F)F)c(C#N)c(F)n1. The second-order valence-electron chi connectivity index (χ2n) is 3.26. The Morgan fingerprint density at radius 2 is 2.28 bits per heavy atom. The van der Waals surface area contributed by atoms with E-state index in [-0.39, 0.29) is 12.3 Å². The number of carbonyl (C=O) groups excluding carboxylic acids is 1. The lowest BCUT2D eigenvalue weighted by Crippen LogP contribution is -2.11. The summed E-state index contributed by atoms with van der Waals surface area (Å²) in [6.07, 6.45) is -3.44. The fraction of sp³-hybridized carbons (Fsp3) is 0.364. The second-order valence-corrected chi connectivity index (χ2v) is 3.26. The van der Waals surface area contributed by atoms with Gasteiger partial charge in [-0.1, -0.05) is 0 Å². The molecule has 0 aliphatic heterocycles. The molecule has 1 aromatic heterocycles. The van der Waals surface area contributed by atoms with Gasteiger partial charge in [-0.3, -0.25) is 4.79 Å². The van der Waals surface area contributed by atoms with Crippen LogP contribution in [0.3, 0.4) is 0 Å². The molecule has 18 heavy (non-hydrogen) atoms. The molecule has 1 heterocycles. The van der Waals surface area contributed by atoms with Gasteiger partial charge in [0.15, 0.2) is 0 Å². The van der Waals surface area contributed by atoms with Crippen molar-refractivity contribution in [1.29, 1.82) is 5.26 Å². The van der Waals surface area contributed by atoms with Crippen molar-refractivity contribution in [3.05, 3.63) is 28.8 Å². The molecule has 0 atom stereocenters. The molecule has 7 heteroatoms. The lowest BCUT2D eigenvalue weighted by Gasteiger charge is -2.07. The number of nitriles is 1. The molecule has 0 saturated heterocycles. The van der Waals surface area contributed by atoms with Crippen molar-refractivity contribution in [1.82, 2.24) is 4.98 Å². The molecule has 96 valence electrons. The van der Waals surface area contributed by atoms with Crippen molar-refractivity contribution in [3.63, 3.8) is 0 Å². The molecule has 0 fully saturated rings. The average molecular weight is 258 g/mol. The molecule has 0 radical (unpaired) electrons. The van der Waals surface area contributed by atoms with E-state index in [1.54, 1.807) is 6.92 Å². The van der Waals surface area contributed by atoms with Gasteiger partial charge < -0.3 is 4.74 Å². The third-order valence-corrected chi connectivity index (χ3v) is 2.04. The van der Waals surface area contributed by atoms with Gasteiger partial charge >= 0.3 is 5.97 Å². The van der Waals surface area contributed by atoms with E-state index >= 15 is 0 Å². The Bertz CT molecular complexity index is 498. The number of nitrogens with zero attached hydrogens (tertiary/aromatic N) is 2. The molecule has 1 rings (SSSR count). The summed E-state index contributed by atoms with van der Waals surface area (Å²) >= 11 is 0. The van der Waals surface area contributed by atoms with Crippen LogP contribution < -0.4 is 0 Å². The van der Waals surface area contributed by atoms with Crippen LogP contribution in [0, 0.1) is 17.3 Å². The fourth-order valence-electron chi connectivity index (χ4n) is 1.32. The van der Waals surface area contributed by atoms with Gasteiger partial charge in [0.25, 0.3) is 6.43 Å². The Kier molecular flexibility index (Phi) is 4.66. The van der Waals surface area contributed by atoms with Crippen LogP contribution >= 0.6 is 0 Å². The minimum absolute atomic E-state index is 0.124. The average Bonchev–Trinajstić information content (AvgIpc) is 2.28. The molecule has 0 amide bonds. The molecule has 0 N–H and O–H groups in total. The minimum atomic E-state index is -3.02. The molecule has 4 nitrogen and oxygen atoms in total. The number of rotatable bonds is 4. The fourth-order valence-corrected chi connectivity index (χ4v) is 1.32. The molecular weight excluding hydrogens is 249 g/mol. The van der Waals surface area contributed by atoms with E-state index in [0.717, 1.165) is 6.07 Å². The van der Waals surface area contributed by atoms with Gasteiger partial charge in [0.1, 0.15) is 11.6 Å².